The lowest BCUT2D eigenvalue weighted by Gasteiger charge is -1.91. The number of hydrogen-bond donors (Lipinski definition) is 1. The summed E-state index contributed by atoms with van der Waals surface area (Å²) in [6, 6.07) is 5.75. The van der Waals surface area contributed by atoms with Gasteiger partial charge in [0.25, 0.3) is 0 Å². The van der Waals surface area contributed by atoms with Crippen molar-refractivity contribution in [3.63, 3.8) is 0 Å². The molecule has 3 aromatic heterocycles. The van der Waals surface area contributed by atoms with Gasteiger partial charge in [-0.1, -0.05) is 17.4 Å². The summed E-state index contributed by atoms with van der Waals surface area (Å²) in [6.45, 7) is 0.451. The molecule has 3 rings (SSSR count). The standard InChI is InChI=1S/C10H9N5S.ClH/c11-5-9-14-15-6-8(13-10(15)16-9)7-3-1-2-4-12-7;/h1-4,6H,5,11H2;1H. The van der Waals surface area contributed by atoms with E-state index in [0.29, 0.717) is 6.54 Å². The van der Waals surface area contributed by atoms with Crippen LogP contribution in [0, 0.1) is 0 Å². The molecular formula is C10H10ClN5S. The molecule has 0 spiro atoms. The lowest BCUT2D eigenvalue weighted by Crippen LogP contribution is -1.95. The Labute approximate surface area is 108 Å². The summed E-state index contributed by atoms with van der Waals surface area (Å²) in [5.74, 6) is 0. The molecule has 0 saturated heterocycles. The highest BCUT2D eigenvalue weighted by atomic mass is 35.5. The fourth-order valence-corrected chi connectivity index (χ4v) is 2.22. The van der Waals surface area contributed by atoms with E-state index in [0.717, 1.165) is 21.4 Å². The summed E-state index contributed by atoms with van der Waals surface area (Å²) < 4.78 is 1.75. The Kier molecular flexibility index (Phi) is 3.37. The highest BCUT2D eigenvalue weighted by Crippen LogP contribution is 2.19. The highest BCUT2D eigenvalue weighted by molar-refractivity contribution is 7.16. The zero-order valence-corrected chi connectivity index (χ0v) is 10.4. The van der Waals surface area contributed by atoms with Crippen molar-refractivity contribution >= 4 is 28.7 Å². The Morgan fingerprint density at radius 1 is 1.29 bits per heavy atom. The molecule has 3 aromatic rings. The van der Waals surface area contributed by atoms with Crippen LogP contribution in [0.4, 0.5) is 0 Å². The zero-order chi connectivity index (χ0) is 11.0. The van der Waals surface area contributed by atoms with E-state index >= 15 is 0 Å². The SMILES string of the molecule is Cl.NCc1nn2cc(-c3ccccn3)nc2s1. The van der Waals surface area contributed by atoms with Crippen LogP contribution in [0.15, 0.2) is 30.6 Å². The van der Waals surface area contributed by atoms with Crippen molar-refractivity contribution < 1.29 is 0 Å². The van der Waals surface area contributed by atoms with Crippen LogP contribution >= 0.6 is 23.7 Å². The lowest BCUT2D eigenvalue weighted by molar-refractivity contribution is 0.896. The average Bonchev–Trinajstić information content (AvgIpc) is 2.87. The number of nitrogens with two attached hydrogens (primary N) is 1. The number of rotatable bonds is 2. The van der Waals surface area contributed by atoms with E-state index in [9.17, 15) is 0 Å². The molecule has 0 amide bonds. The van der Waals surface area contributed by atoms with E-state index in [-0.39, 0.29) is 12.4 Å². The Morgan fingerprint density at radius 2 is 2.18 bits per heavy atom. The quantitative estimate of drug-likeness (QED) is 0.768. The van der Waals surface area contributed by atoms with Crippen molar-refractivity contribution in [3.8, 4) is 11.4 Å². The number of pyridine rings is 1. The van der Waals surface area contributed by atoms with Crippen molar-refractivity contribution in [3.05, 3.63) is 35.6 Å². The minimum absolute atomic E-state index is 0. The van der Waals surface area contributed by atoms with Crippen LogP contribution < -0.4 is 5.73 Å². The van der Waals surface area contributed by atoms with Gasteiger partial charge in [-0.2, -0.15) is 5.10 Å². The molecule has 0 unspecified atom stereocenters. The van der Waals surface area contributed by atoms with E-state index in [1.165, 1.54) is 11.3 Å². The molecule has 0 atom stereocenters. The molecule has 0 bridgehead atoms. The van der Waals surface area contributed by atoms with E-state index in [4.69, 9.17) is 5.73 Å². The molecule has 88 valence electrons. The monoisotopic (exact) mass is 267 g/mol. The van der Waals surface area contributed by atoms with Crippen LogP contribution in [0.25, 0.3) is 16.3 Å². The van der Waals surface area contributed by atoms with Gasteiger partial charge < -0.3 is 5.73 Å². The number of halogens is 1. The van der Waals surface area contributed by atoms with Gasteiger partial charge in [0.15, 0.2) is 0 Å². The highest BCUT2D eigenvalue weighted by Gasteiger charge is 2.08. The molecule has 0 saturated carbocycles. The van der Waals surface area contributed by atoms with Crippen LogP contribution in [0.1, 0.15) is 5.01 Å². The molecule has 7 heteroatoms. The van der Waals surface area contributed by atoms with E-state index in [2.05, 4.69) is 15.1 Å². The maximum atomic E-state index is 5.52. The Balaban J connectivity index is 0.00000108. The Hall–Kier alpha value is -1.50. The molecule has 0 aliphatic carbocycles. The summed E-state index contributed by atoms with van der Waals surface area (Å²) in [7, 11) is 0. The fourth-order valence-electron chi connectivity index (χ4n) is 1.46. The van der Waals surface area contributed by atoms with Crippen LogP contribution in [-0.2, 0) is 6.54 Å². The van der Waals surface area contributed by atoms with Crippen molar-refractivity contribution in [2.75, 3.05) is 0 Å². The van der Waals surface area contributed by atoms with E-state index in [1.807, 2.05) is 24.4 Å². The van der Waals surface area contributed by atoms with E-state index < -0.39 is 0 Å². The summed E-state index contributed by atoms with van der Waals surface area (Å²) in [6.07, 6.45) is 3.62. The summed E-state index contributed by atoms with van der Waals surface area (Å²) >= 11 is 1.50. The molecule has 5 nitrogen and oxygen atoms in total. The first-order chi connectivity index (χ1) is 7.86. The van der Waals surface area contributed by atoms with Crippen LogP contribution in [0.3, 0.4) is 0 Å². The largest absolute Gasteiger partial charge is 0.324 e. The van der Waals surface area contributed by atoms with Crippen LogP contribution in [-0.4, -0.2) is 19.6 Å². The molecule has 0 aliphatic rings. The summed E-state index contributed by atoms with van der Waals surface area (Å²) in [4.78, 5) is 9.54. The lowest BCUT2D eigenvalue weighted by atomic mass is 10.3. The molecule has 2 N–H and O–H groups in total. The minimum Gasteiger partial charge on any atom is -0.324 e. The van der Waals surface area contributed by atoms with Gasteiger partial charge in [0, 0.05) is 12.7 Å². The number of aromatic nitrogens is 4. The number of imidazole rings is 1. The van der Waals surface area contributed by atoms with E-state index in [1.54, 1.807) is 10.7 Å². The second-order valence-corrected chi connectivity index (χ2v) is 4.31. The molecular weight excluding hydrogens is 258 g/mol. The molecule has 0 radical (unpaired) electrons. The maximum Gasteiger partial charge on any atom is 0.212 e. The Bertz CT molecular complexity index is 586. The predicted octanol–water partition coefficient (Wildman–Crippen LogP) is 1.73. The van der Waals surface area contributed by atoms with Crippen molar-refractivity contribution in [1.29, 1.82) is 0 Å². The first-order valence-electron chi connectivity index (χ1n) is 4.83. The minimum atomic E-state index is 0. The van der Waals surface area contributed by atoms with Crippen LogP contribution in [0.2, 0.25) is 0 Å². The molecule has 0 fully saturated rings. The number of fused-ring (bicyclic) bond motifs is 1. The van der Waals surface area contributed by atoms with Gasteiger partial charge in [0.1, 0.15) is 10.7 Å². The van der Waals surface area contributed by atoms with Gasteiger partial charge in [-0.15, -0.1) is 12.4 Å². The predicted molar refractivity (Wildman–Crippen MR) is 69.2 cm³/mol. The third-order valence-corrected chi connectivity index (χ3v) is 3.13. The second kappa shape index (κ2) is 4.79. The van der Waals surface area contributed by atoms with Crippen LogP contribution in [0.5, 0.6) is 0 Å². The Morgan fingerprint density at radius 3 is 2.82 bits per heavy atom. The summed E-state index contributed by atoms with van der Waals surface area (Å²) in [5, 5.41) is 5.18. The molecule has 0 aromatic carbocycles. The molecule has 0 aliphatic heterocycles. The number of nitrogens with zero attached hydrogens (tertiary/aromatic N) is 4. The third kappa shape index (κ3) is 2.14. The van der Waals surface area contributed by atoms with Crippen molar-refractivity contribution in [2.24, 2.45) is 5.73 Å². The topological polar surface area (TPSA) is 69.1 Å². The second-order valence-electron chi connectivity index (χ2n) is 3.27. The van der Waals surface area contributed by atoms with Gasteiger partial charge in [0.2, 0.25) is 4.96 Å². The fraction of sp³-hybridized carbons (Fsp3) is 0.100. The van der Waals surface area contributed by atoms with Gasteiger partial charge in [-0.3, -0.25) is 4.98 Å². The van der Waals surface area contributed by atoms with Crippen molar-refractivity contribution in [1.82, 2.24) is 19.6 Å². The van der Waals surface area contributed by atoms with Gasteiger partial charge >= 0.3 is 0 Å². The zero-order valence-electron chi connectivity index (χ0n) is 8.78. The van der Waals surface area contributed by atoms with Gasteiger partial charge in [0.05, 0.1) is 11.9 Å². The normalized spacial score (nSPS) is 10.4. The van der Waals surface area contributed by atoms with Crippen molar-refractivity contribution in [2.45, 2.75) is 6.54 Å². The smallest absolute Gasteiger partial charge is 0.212 e. The average molecular weight is 268 g/mol. The molecule has 3 heterocycles. The maximum absolute atomic E-state index is 5.52. The van der Waals surface area contributed by atoms with Gasteiger partial charge in [-0.05, 0) is 12.1 Å². The first-order valence-corrected chi connectivity index (χ1v) is 5.65. The number of hydrogen-bond acceptors (Lipinski definition) is 5. The first kappa shape index (κ1) is 12.0. The van der Waals surface area contributed by atoms with Gasteiger partial charge in [-0.25, -0.2) is 9.50 Å². The summed E-state index contributed by atoms with van der Waals surface area (Å²) in [5.41, 5.74) is 7.21. The third-order valence-electron chi connectivity index (χ3n) is 2.19. The molecule has 17 heavy (non-hydrogen) atoms.